The van der Waals surface area contributed by atoms with Crippen molar-refractivity contribution in [2.75, 3.05) is 7.05 Å². The summed E-state index contributed by atoms with van der Waals surface area (Å²) in [6.07, 6.45) is 9.40. The van der Waals surface area contributed by atoms with Crippen LogP contribution in [-0.2, 0) is 0 Å². The summed E-state index contributed by atoms with van der Waals surface area (Å²) in [4.78, 5) is 0. The van der Waals surface area contributed by atoms with E-state index < -0.39 is 0 Å². The lowest BCUT2D eigenvalue weighted by Crippen LogP contribution is -2.21. The molecule has 0 aliphatic heterocycles. The minimum Gasteiger partial charge on any atom is -0.312 e. The van der Waals surface area contributed by atoms with Crippen LogP contribution < -0.4 is 5.32 Å². The molecule has 0 aliphatic carbocycles. The van der Waals surface area contributed by atoms with Gasteiger partial charge in [-0.2, -0.15) is 5.10 Å². The Morgan fingerprint density at radius 3 is 2.53 bits per heavy atom. The Kier molecular flexibility index (Phi) is 7.47. The SMILES string of the molecule is CCCCCCCC(NC)c1c(Cl)cnn1C(C)C. The molecule has 1 heterocycles. The Morgan fingerprint density at radius 1 is 1.26 bits per heavy atom. The van der Waals surface area contributed by atoms with Crippen LogP contribution in [0.1, 0.15) is 77.1 Å². The van der Waals surface area contributed by atoms with E-state index in [1.807, 2.05) is 11.7 Å². The number of nitrogens with one attached hydrogen (secondary N) is 1. The van der Waals surface area contributed by atoms with Crippen molar-refractivity contribution in [3.8, 4) is 0 Å². The number of rotatable bonds is 9. The summed E-state index contributed by atoms with van der Waals surface area (Å²) < 4.78 is 2.04. The molecule has 110 valence electrons. The molecule has 0 saturated heterocycles. The summed E-state index contributed by atoms with van der Waals surface area (Å²) in [6.45, 7) is 6.53. The predicted octanol–water partition coefficient (Wildman–Crippen LogP) is 4.74. The van der Waals surface area contributed by atoms with Crippen LogP contribution in [0.25, 0.3) is 0 Å². The number of aromatic nitrogens is 2. The molecular weight excluding hydrogens is 258 g/mol. The largest absolute Gasteiger partial charge is 0.312 e. The molecule has 0 aliphatic rings. The molecule has 0 bridgehead atoms. The van der Waals surface area contributed by atoms with Crippen LogP contribution in [0, 0.1) is 0 Å². The summed E-state index contributed by atoms with van der Waals surface area (Å²) in [5.74, 6) is 0. The van der Waals surface area contributed by atoms with Gasteiger partial charge < -0.3 is 5.32 Å². The Bertz CT molecular complexity index is 360. The minimum absolute atomic E-state index is 0.305. The fourth-order valence-corrected chi connectivity index (χ4v) is 2.72. The fourth-order valence-electron chi connectivity index (χ4n) is 2.46. The molecule has 19 heavy (non-hydrogen) atoms. The quantitative estimate of drug-likeness (QED) is 0.664. The topological polar surface area (TPSA) is 29.9 Å². The van der Waals surface area contributed by atoms with Crippen molar-refractivity contribution in [2.24, 2.45) is 0 Å². The molecule has 0 spiro atoms. The van der Waals surface area contributed by atoms with E-state index in [-0.39, 0.29) is 0 Å². The molecule has 0 saturated carbocycles. The normalized spacial score (nSPS) is 13.2. The van der Waals surface area contributed by atoms with E-state index in [0.29, 0.717) is 12.1 Å². The number of hydrogen-bond acceptors (Lipinski definition) is 2. The van der Waals surface area contributed by atoms with Gasteiger partial charge in [-0.25, -0.2) is 0 Å². The molecule has 3 nitrogen and oxygen atoms in total. The van der Waals surface area contributed by atoms with Gasteiger partial charge >= 0.3 is 0 Å². The van der Waals surface area contributed by atoms with Gasteiger partial charge in [0, 0.05) is 6.04 Å². The molecule has 4 heteroatoms. The highest BCUT2D eigenvalue weighted by Gasteiger charge is 2.19. The van der Waals surface area contributed by atoms with E-state index in [1.54, 1.807) is 6.20 Å². The average molecular weight is 286 g/mol. The first kappa shape index (κ1) is 16.5. The molecule has 1 unspecified atom stereocenters. The monoisotopic (exact) mass is 285 g/mol. The van der Waals surface area contributed by atoms with Crippen LogP contribution in [-0.4, -0.2) is 16.8 Å². The Morgan fingerprint density at radius 2 is 1.95 bits per heavy atom. The predicted molar refractivity (Wildman–Crippen MR) is 82.8 cm³/mol. The third kappa shape index (κ3) is 4.81. The number of nitrogens with zero attached hydrogens (tertiary/aromatic N) is 2. The van der Waals surface area contributed by atoms with E-state index >= 15 is 0 Å². The van der Waals surface area contributed by atoms with E-state index in [2.05, 4.69) is 31.2 Å². The summed E-state index contributed by atoms with van der Waals surface area (Å²) in [5, 5.41) is 8.55. The van der Waals surface area contributed by atoms with Crippen LogP contribution in [0.15, 0.2) is 6.20 Å². The molecule has 1 N–H and O–H groups in total. The van der Waals surface area contributed by atoms with Crippen molar-refractivity contribution < 1.29 is 0 Å². The third-order valence-corrected chi connectivity index (χ3v) is 3.84. The minimum atomic E-state index is 0.305. The average Bonchev–Trinajstić information content (AvgIpc) is 2.76. The number of hydrogen-bond donors (Lipinski definition) is 1. The molecule has 0 aromatic carbocycles. The standard InChI is InChI=1S/C15H28ClN3/c1-5-6-7-8-9-10-14(17-4)15-13(16)11-18-19(15)12(2)3/h11-12,14,17H,5-10H2,1-4H3. The molecular formula is C15H28ClN3. The van der Waals surface area contributed by atoms with Crippen LogP contribution in [0.4, 0.5) is 0 Å². The van der Waals surface area contributed by atoms with Crippen LogP contribution in [0.2, 0.25) is 5.02 Å². The summed E-state index contributed by atoms with van der Waals surface area (Å²) in [6, 6.07) is 0.650. The molecule has 0 amide bonds. The van der Waals surface area contributed by atoms with Gasteiger partial charge in [-0.3, -0.25) is 4.68 Å². The lowest BCUT2D eigenvalue weighted by Gasteiger charge is -2.20. The van der Waals surface area contributed by atoms with Crippen LogP contribution in [0.3, 0.4) is 0 Å². The highest BCUT2D eigenvalue weighted by molar-refractivity contribution is 6.31. The first-order valence-electron chi connectivity index (χ1n) is 7.52. The van der Waals surface area contributed by atoms with Crippen LogP contribution >= 0.6 is 11.6 Å². The van der Waals surface area contributed by atoms with Crippen molar-refractivity contribution in [3.05, 3.63) is 16.9 Å². The van der Waals surface area contributed by atoms with Crippen molar-refractivity contribution in [1.29, 1.82) is 0 Å². The molecule has 0 radical (unpaired) electrons. The van der Waals surface area contributed by atoms with Gasteiger partial charge in [-0.15, -0.1) is 0 Å². The van der Waals surface area contributed by atoms with Gasteiger partial charge in [0.05, 0.1) is 23.0 Å². The summed E-state index contributed by atoms with van der Waals surface area (Å²) in [7, 11) is 2.00. The first-order valence-corrected chi connectivity index (χ1v) is 7.89. The fraction of sp³-hybridized carbons (Fsp3) is 0.800. The number of halogens is 1. The lowest BCUT2D eigenvalue weighted by atomic mass is 10.0. The molecule has 0 fully saturated rings. The molecule has 1 atom stereocenters. The van der Waals surface area contributed by atoms with E-state index in [0.717, 1.165) is 17.1 Å². The van der Waals surface area contributed by atoms with Gasteiger partial charge in [0.25, 0.3) is 0 Å². The highest BCUT2D eigenvalue weighted by Crippen LogP contribution is 2.28. The molecule has 1 aromatic rings. The third-order valence-electron chi connectivity index (χ3n) is 3.55. The Hall–Kier alpha value is -0.540. The second-order valence-corrected chi connectivity index (χ2v) is 5.87. The second kappa shape index (κ2) is 8.60. The van der Waals surface area contributed by atoms with Crippen molar-refractivity contribution in [3.63, 3.8) is 0 Å². The maximum atomic E-state index is 6.30. The van der Waals surface area contributed by atoms with Crippen molar-refractivity contribution in [1.82, 2.24) is 15.1 Å². The zero-order chi connectivity index (χ0) is 14.3. The van der Waals surface area contributed by atoms with Gasteiger partial charge in [0.2, 0.25) is 0 Å². The van der Waals surface area contributed by atoms with Gasteiger partial charge in [0.1, 0.15) is 0 Å². The van der Waals surface area contributed by atoms with Gasteiger partial charge in [0.15, 0.2) is 0 Å². The zero-order valence-corrected chi connectivity index (χ0v) is 13.5. The van der Waals surface area contributed by atoms with E-state index in [9.17, 15) is 0 Å². The Balaban J connectivity index is 2.61. The van der Waals surface area contributed by atoms with Gasteiger partial charge in [-0.05, 0) is 27.3 Å². The van der Waals surface area contributed by atoms with E-state index in [1.165, 1.54) is 32.1 Å². The summed E-state index contributed by atoms with van der Waals surface area (Å²) in [5.41, 5.74) is 1.13. The smallest absolute Gasteiger partial charge is 0.0834 e. The number of unbranched alkanes of at least 4 members (excludes halogenated alkanes) is 4. The lowest BCUT2D eigenvalue weighted by molar-refractivity contribution is 0.432. The Labute approximate surface area is 122 Å². The molecule has 1 rings (SSSR count). The first-order chi connectivity index (χ1) is 9.11. The second-order valence-electron chi connectivity index (χ2n) is 5.46. The van der Waals surface area contributed by atoms with Crippen molar-refractivity contribution >= 4 is 11.6 Å². The maximum Gasteiger partial charge on any atom is 0.0834 e. The zero-order valence-electron chi connectivity index (χ0n) is 12.7. The van der Waals surface area contributed by atoms with Crippen molar-refractivity contribution in [2.45, 2.75) is 71.4 Å². The highest BCUT2D eigenvalue weighted by atomic mass is 35.5. The van der Waals surface area contributed by atoms with Gasteiger partial charge in [-0.1, -0.05) is 50.6 Å². The van der Waals surface area contributed by atoms with Crippen LogP contribution in [0.5, 0.6) is 0 Å². The van der Waals surface area contributed by atoms with E-state index in [4.69, 9.17) is 11.6 Å². The molecule has 1 aromatic heterocycles. The maximum absolute atomic E-state index is 6.30. The summed E-state index contributed by atoms with van der Waals surface area (Å²) >= 11 is 6.30.